The first kappa shape index (κ1) is 16.1. The monoisotopic (exact) mass is 321 g/mol. The number of alkyl halides is 3. The van der Waals surface area contributed by atoms with Crippen LogP contribution < -0.4 is 0 Å². The molecular weight excluding hydrogens is 307 g/mol. The highest BCUT2D eigenvalue weighted by atomic mass is 35.5. The summed E-state index contributed by atoms with van der Waals surface area (Å²) >= 11 is 5.96. The number of hydrogen-bond donors (Lipinski definition) is 1. The van der Waals surface area contributed by atoms with Gasteiger partial charge < -0.3 is 5.11 Å². The molecule has 7 heteroatoms. The maximum absolute atomic E-state index is 13.4. The molecule has 0 aromatic heterocycles. The van der Waals surface area contributed by atoms with Crippen molar-refractivity contribution in [2.75, 3.05) is 13.1 Å². The van der Waals surface area contributed by atoms with Crippen molar-refractivity contribution in [3.8, 4) is 0 Å². The van der Waals surface area contributed by atoms with E-state index in [1.165, 1.54) is 12.1 Å². The third-order valence-electron chi connectivity index (χ3n) is 3.69. The highest BCUT2D eigenvalue weighted by molar-refractivity contribution is 6.31. The number of likely N-dealkylation sites (tertiary alicyclic amines) is 1. The summed E-state index contributed by atoms with van der Waals surface area (Å²) in [5.74, 6) is -1.83. The van der Waals surface area contributed by atoms with Crippen LogP contribution in [0.25, 0.3) is 0 Å². The van der Waals surface area contributed by atoms with Crippen molar-refractivity contribution in [1.29, 1.82) is 0 Å². The van der Waals surface area contributed by atoms with Crippen LogP contribution in [0, 0.1) is 12.8 Å². The molecule has 21 heavy (non-hydrogen) atoms. The number of halogens is 4. The van der Waals surface area contributed by atoms with Gasteiger partial charge in [0.15, 0.2) is 0 Å². The van der Waals surface area contributed by atoms with Crippen molar-refractivity contribution in [3.05, 3.63) is 34.3 Å². The Kier molecular flexibility index (Phi) is 4.49. The number of carbonyl (C=O) groups is 1. The second-order valence-electron chi connectivity index (χ2n) is 5.29. The Morgan fingerprint density at radius 1 is 1.48 bits per heavy atom. The van der Waals surface area contributed by atoms with Gasteiger partial charge in [0.05, 0.1) is 5.92 Å². The molecule has 1 saturated heterocycles. The normalized spacial score (nSPS) is 21.5. The molecule has 1 aromatic rings. The lowest BCUT2D eigenvalue weighted by atomic mass is 10.0. The Labute approximate surface area is 125 Å². The highest BCUT2D eigenvalue weighted by Gasteiger charge is 2.48. The largest absolute Gasteiger partial charge is 0.481 e. The van der Waals surface area contributed by atoms with Crippen molar-refractivity contribution < 1.29 is 23.1 Å². The van der Waals surface area contributed by atoms with E-state index in [1.54, 1.807) is 13.0 Å². The van der Waals surface area contributed by atoms with E-state index in [1.807, 2.05) is 0 Å². The third kappa shape index (κ3) is 3.49. The predicted molar refractivity (Wildman–Crippen MR) is 72.3 cm³/mol. The molecule has 1 aromatic carbocycles. The molecule has 0 saturated carbocycles. The zero-order chi connectivity index (χ0) is 15.8. The molecular formula is C14H15ClF3NO2. The summed E-state index contributed by atoms with van der Waals surface area (Å²) in [6, 6.07) is 2.56. The number of benzene rings is 1. The first-order valence-electron chi connectivity index (χ1n) is 6.49. The number of aliphatic carboxylic acids is 1. The standard InChI is InChI=1S/C14H15ClF3NO2/c1-8-2-3-10(11(15)6-8)12(14(16,17)18)19-5-4-9(7-19)13(20)21/h2-3,6,9,12H,4-5,7H2,1H3,(H,20,21). The van der Waals surface area contributed by atoms with Crippen LogP contribution in [-0.2, 0) is 4.79 Å². The van der Waals surface area contributed by atoms with Crippen molar-refractivity contribution in [3.63, 3.8) is 0 Å². The van der Waals surface area contributed by atoms with Crippen molar-refractivity contribution in [2.24, 2.45) is 5.92 Å². The summed E-state index contributed by atoms with van der Waals surface area (Å²) in [7, 11) is 0. The molecule has 116 valence electrons. The fourth-order valence-corrected chi connectivity index (χ4v) is 3.00. The fourth-order valence-electron chi connectivity index (χ4n) is 2.66. The van der Waals surface area contributed by atoms with Crippen molar-refractivity contribution >= 4 is 17.6 Å². The molecule has 0 spiro atoms. The van der Waals surface area contributed by atoms with Gasteiger partial charge in [-0.1, -0.05) is 23.7 Å². The number of rotatable bonds is 3. The van der Waals surface area contributed by atoms with Gasteiger partial charge in [-0.05, 0) is 37.1 Å². The van der Waals surface area contributed by atoms with Crippen LogP contribution in [-0.4, -0.2) is 35.2 Å². The second-order valence-corrected chi connectivity index (χ2v) is 5.70. The molecule has 2 rings (SSSR count). The van der Waals surface area contributed by atoms with E-state index in [0.717, 1.165) is 10.5 Å². The number of aryl methyl sites for hydroxylation is 1. The molecule has 0 radical (unpaired) electrons. The lowest BCUT2D eigenvalue weighted by Crippen LogP contribution is -2.37. The summed E-state index contributed by atoms with van der Waals surface area (Å²) in [6.45, 7) is 1.71. The molecule has 0 amide bonds. The van der Waals surface area contributed by atoms with Crippen molar-refractivity contribution in [2.45, 2.75) is 25.6 Å². The molecule has 1 N–H and O–H groups in total. The number of nitrogens with zero attached hydrogens (tertiary/aromatic N) is 1. The molecule has 0 bridgehead atoms. The Hall–Kier alpha value is -1.27. The number of hydrogen-bond acceptors (Lipinski definition) is 2. The van der Waals surface area contributed by atoms with Crippen LogP contribution in [0.3, 0.4) is 0 Å². The van der Waals surface area contributed by atoms with Crippen LogP contribution in [0.5, 0.6) is 0 Å². The Morgan fingerprint density at radius 3 is 2.62 bits per heavy atom. The van der Waals surface area contributed by atoms with Crippen LogP contribution >= 0.6 is 11.6 Å². The third-order valence-corrected chi connectivity index (χ3v) is 4.02. The van der Waals surface area contributed by atoms with Gasteiger partial charge in [0.2, 0.25) is 0 Å². The minimum atomic E-state index is -4.51. The summed E-state index contributed by atoms with van der Waals surface area (Å²) in [5, 5.41) is 9.00. The molecule has 1 aliphatic rings. The van der Waals surface area contributed by atoms with Gasteiger partial charge in [-0.3, -0.25) is 9.69 Å². The number of carboxylic acid groups (broad SMARTS) is 1. The van der Waals surface area contributed by atoms with Gasteiger partial charge in [-0.2, -0.15) is 13.2 Å². The van der Waals surface area contributed by atoms with Crippen molar-refractivity contribution in [1.82, 2.24) is 4.90 Å². The molecule has 0 aliphatic carbocycles. The van der Waals surface area contributed by atoms with Crippen LogP contribution in [0.4, 0.5) is 13.2 Å². The first-order valence-corrected chi connectivity index (χ1v) is 6.87. The summed E-state index contributed by atoms with van der Waals surface area (Å²) in [4.78, 5) is 12.1. The summed E-state index contributed by atoms with van der Waals surface area (Å²) in [5.41, 5.74) is 0.746. The van der Waals surface area contributed by atoms with E-state index >= 15 is 0 Å². The van der Waals surface area contributed by atoms with E-state index in [2.05, 4.69) is 0 Å². The minimum absolute atomic E-state index is 0.0270. The Balaban J connectivity index is 2.34. The molecule has 2 atom stereocenters. The van der Waals surface area contributed by atoms with Crippen LogP contribution in [0.1, 0.15) is 23.6 Å². The summed E-state index contributed by atoms with van der Waals surface area (Å²) < 4.78 is 40.3. The molecule has 3 nitrogen and oxygen atoms in total. The van der Waals surface area contributed by atoms with Gasteiger partial charge in [-0.25, -0.2) is 0 Å². The van der Waals surface area contributed by atoms with Gasteiger partial charge in [-0.15, -0.1) is 0 Å². The molecule has 1 heterocycles. The maximum Gasteiger partial charge on any atom is 0.408 e. The number of carboxylic acids is 1. The lowest BCUT2D eigenvalue weighted by molar-refractivity contribution is -0.184. The van der Waals surface area contributed by atoms with E-state index in [4.69, 9.17) is 16.7 Å². The topological polar surface area (TPSA) is 40.5 Å². The lowest BCUT2D eigenvalue weighted by Gasteiger charge is -2.30. The average Bonchev–Trinajstić information content (AvgIpc) is 2.80. The molecule has 1 fully saturated rings. The highest BCUT2D eigenvalue weighted by Crippen LogP contribution is 2.42. The van der Waals surface area contributed by atoms with E-state index in [0.29, 0.717) is 0 Å². The summed E-state index contributed by atoms with van der Waals surface area (Å²) in [6.07, 6.45) is -4.29. The van der Waals surface area contributed by atoms with Gasteiger partial charge >= 0.3 is 12.1 Å². The van der Waals surface area contributed by atoms with E-state index < -0.39 is 24.1 Å². The SMILES string of the molecule is Cc1ccc(C(N2CCC(C(=O)O)C2)C(F)(F)F)c(Cl)c1. The Bertz CT molecular complexity index is 548. The molecule has 1 aliphatic heterocycles. The van der Waals surface area contributed by atoms with E-state index in [-0.39, 0.29) is 30.1 Å². The Morgan fingerprint density at radius 2 is 2.14 bits per heavy atom. The quantitative estimate of drug-likeness (QED) is 0.923. The zero-order valence-electron chi connectivity index (χ0n) is 11.3. The second kappa shape index (κ2) is 5.85. The zero-order valence-corrected chi connectivity index (χ0v) is 12.1. The minimum Gasteiger partial charge on any atom is -0.481 e. The van der Waals surface area contributed by atoms with Gasteiger partial charge in [0.1, 0.15) is 6.04 Å². The van der Waals surface area contributed by atoms with Gasteiger partial charge in [0.25, 0.3) is 0 Å². The van der Waals surface area contributed by atoms with E-state index in [9.17, 15) is 18.0 Å². The first-order chi connectivity index (χ1) is 9.70. The van der Waals surface area contributed by atoms with Gasteiger partial charge in [0, 0.05) is 11.6 Å². The average molecular weight is 322 g/mol. The van der Waals surface area contributed by atoms with Crippen LogP contribution in [0.15, 0.2) is 18.2 Å². The smallest absolute Gasteiger partial charge is 0.408 e. The molecule has 2 unspecified atom stereocenters. The maximum atomic E-state index is 13.4. The van der Waals surface area contributed by atoms with Crippen LogP contribution in [0.2, 0.25) is 5.02 Å². The predicted octanol–water partition coefficient (Wildman–Crippen LogP) is 3.66. The fraction of sp³-hybridized carbons (Fsp3) is 0.500.